The van der Waals surface area contributed by atoms with Crippen molar-refractivity contribution in [3.05, 3.63) is 24.3 Å². The first-order valence-electron chi connectivity index (χ1n) is 10.4. The Labute approximate surface area is 185 Å². The maximum atomic E-state index is 11.9. The van der Waals surface area contributed by atoms with Gasteiger partial charge in [0.15, 0.2) is 0 Å². The largest absolute Gasteiger partial charge is 0.489 e. The van der Waals surface area contributed by atoms with Gasteiger partial charge in [-0.3, -0.25) is 5.32 Å². The molecule has 1 rings (SSSR count). The van der Waals surface area contributed by atoms with Gasteiger partial charge in [0, 0.05) is 7.11 Å². The molecule has 0 aliphatic carbocycles. The van der Waals surface area contributed by atoms with Gasteiger partial charge in [-0.1, -0.05) is 12.1 Å². The van der Waals surface area contributed by atoms with E-state index in [9.17, 15) is 4.79 Å². The van der Waals surface area contributed by atoms with Crippen molar-refractivity contribution in [1.82, 2.24) is 0 Å². The molecule has 1 amide bonds. The van der Waals surface area contributed by atoms with E-state index in [1.54, 1.807) is 19.2 Å². The van der Waals surface area contributed by atoms with E-state index in [-0.39, 0.29) is 0 Å². The summed E-state index contributed by atoms with van der Waals surface area (Å²) in [5, 5.41) is 2.70. The van der Waals surface area contributed by atoms with Crippen LogP contribution in [0.4, 0.5) is 10.5 Å². The van der Waals surface area contributed by atoms with Crippen molar-refractivity contribution in [1.29, 1.82) is 0 Å². The van der Waals surface area contributed by atoms with Gasteiger partial charge in [-0.25, -0.2) is 4.79 Å². The lowest BCUT2D eigenvalue weighted by atomic mass is 10.2. The lowest BCUT2D eigenvalue weighted by molar-refractivity contribution is -0.00977. The van der Waals surface area contributed by atoms with Gasteiger partial charge < -0.3 is 33.2 Å². The van der Waals surface area contributed by atoms with Crippen LogP contribution in [0.1, 0.15) is 20.8 Å². The van der Waals surface area contributed by atoms with Crippen molar-refractivity contribution in [3.8, 4) is 5.75 Å². The van der Waals surface area contributed by atoms with E-state index < -0.39 is 11.7 Å². The molecule has 31 heavy (non-hydrogen) atoms. The lowest BCUT2D eigenvalue weighted by Crippen LogP contribution is -2.27. The number of ether oxygens (including phenoxy) is 7. The van der Waals surface area contributed by atoms with E-state index in [1.165, 1.54) is 0 Å². The monoisotopic (exact) mass is 443 g/mol. The van der Waals surface area contributed by atoms with Crippen LogP contribution in [-0.2, 0) is 28.4 Å². The molecule has 0 fully saturated rings. The van der Waals surface area contributed by atoms with Crippen molar-refractivity contribution in [2.24, 2.45) is 0 Å². The predicted molar refractivity (Wildman–Crippen MR) is 117 cm³/mol. The van der Waals surface area contributed by atoms with Crippen LogP contribution in [0.5, 0.6) is 5.75 Å². The van der Waals surface area contributed by atoms with Gasteiger partial charge in [-0.2, -0.15) is 0 Å². The molecule has 0 bridgehead atoms. The molecule has 0 aliphatic heterocycles. The number of rotatable bonds is 17. The Morgan fingerprint density at radius 1 is 0.774 bits per heavy atom. The van der Waals surface area contributed by atoms with Gasteiger partial charge in [-0.05, 0) is 32.9 Å². The topological polar surface area (TPSA) is 93.7 Å². The molecule has 178 valence electrons. The smallest absolute Gasteiger partial charge is 0.412 e. The first-order chi connectivity index (χ1) is 14.9. The number of carbonyl (C=O) groups excluding carboxylic acids is 1. The number of hydrogen-bond donors (Lipinski definition) is 1. The summed E-state index contributed by atoms with van der Waals surface area (Å²) in [4.78, 5) is 11.9. The predicted octanol–water partition coefficient (Wildman–Crippen LogP) is 3.13. The van der Waals surface area contributed by atoms with Gasteiger partial charge in [-0.15, -0.1) is 0 Å². The third-order valence-corrected chi connectivity index (χ3v) is 3.56. The molecule has 0 aromatic heterocycles. The molecule has 0 saturated heterocycles. The highest BCUT2D eigenvalue weighted by atomic mass is 16.6. The molecule has 0 heterocycles. The minimum atomic E-state index is -0.569. The molecule has 0 spiro atoms. The minimum absolute atomic E-state index is 0.346. The Morgan fingerprint density at radius 2 is 1.26 bits per heavy atom. The van der Waals surface area contributed by atoms with Crippen molar-refractivity contribution in [2.45, 2.75) is 26.4 Å². The molecule has 0 aliphatic rings. The third-order valence-electron chi connectivity index (χ3n) is 3.56. The first kappa shape index (κ1) is 27.1. The highest BCUT2D eigenvalue weighted by Crippen LogP contribution is 2.24. The maximum absolute atomic E-state index is 11.9. The average molecular weight is 444 g/mol. The van der Waals surface area contributed by atoms with Crippen LogP contribution in [0.3, 0.4) is 0 Å². The summed E-state index contributed by atoms with van der Waals surface area (Å²) in [6.45, 7) is 10.4. The molecule has 1 N–H and O–H groups in total. The summed E-state index contributed by atoms with van der Waals surface area (Å²) >= 11 is 0. The van der Waals surface area contributed by atoms with Crippen LogP contribution < -0.4 is 10.1 Å². The summed E-state index contributed by atoms with van der Waals surface area (Å²) in [6.07, 6.45) is -0.528. The van der Waals surface area contributed by atoms with Crippen molar-refractivity contribution in [3.63, 3.8) is 0 Å². The van der Waals surface area contributed by atoms with E-state index in [0.29, 0.717) is 77.5 Å². The summed E-state index contributed by atoms with van der Waals surface area (Å²) in [6, 6.07) is 7.17. The van der Waals surface area contributed by atoms with Gasteiger partial charge in [0.05, 0.1) is 65.1 Å². The van der Waals surface area contributed by atoms with Crippen LogP contribution in [0.2, 0.25) is 0 Å². The Bertz CT molecular complexity index is 591. The molecule has 0 radical (unpaired) electrons. The van der Waals surface area contributed by atoms with Crippen LogP contribution in [0.15, 0.2) is 24.3 Å². The van der Waals surface area contributed by atoms with E-state index in [1.807, 2.05) is 32.9 Å². The number of nitrogens with one attached hydrogen (secondary N) is 1. The van der Waals surface area contributed by atoms with Crippen molar-refractivity contribution in [2.75, 3.05) is 78.5 Å². The van der Waals surface area contributed by atoms with Gasteiger partial charge in [0.2, 0.25) is 0 Å². The molecule has 9 heteroatoms. The van der Waals surface area contributed by atoms with E-state index in [0.717, 1.165) is 0 Å². The molecular weight excluding hydrogens is 406 g/mol. The molecule has 9 nitrogen and oxygen atoms in total. The zero-order valence-corrected chi connectivity index (χ0v) is 19.1. The Morgan fingerprint density at radius 3 is 1.77 bits per heavy atom. The fourth-order valence-corrected chi connectivity index (χ4v) is 2.22. The standard InChI is InChI=1S/C22H37NO8/c1-22(2,3)31-21(24)23-19-7-5-6-8-20(19)30-18-17-29-16-15-28-14-13-27-12-11-26-10-9-25-4/h5-8H,9-18H2,1-4H3,(H,23,24). The van der Waals surface area contributed by atoms with Crippen LogP contribution in [0, 0.1) is 0 Å². The molecule has 0 unspecified atom stereocenters. The zero-order chi connectivity index (χ0) is 22.8. The highest BCUT2D eigenvalue weighted by Gasteiger charge is 2.17. The van der Waals surface area contributed by atoms with Crippen molar-refractivity contribution >= 4 is 11.8 Å². The third kappa shape index (κ3) is 15.5. The second kappa shape index (κ2) is 16.7. The second-order valence-corrected chi connectivity index (χ2v) is 7.41. The van der Waals surface area contributed by atoms with Gasteiger partial charge in [0.1, 0.15) is 18.0 Å². The SMILES string of the molecule is COCCOCCOCCOCCOCCOc1ccccc1NC(=O)OC(C)(C)C. The van der Waals surface area contributed by atoms with Crippen LogP contribution >= 0.6 is 0 Å². The van der Waals surface area contributed by atoms with Gasteiger partial charge in [0.25, 0.3) is 0 Å². The fourth-order valence-electron chi connectivity index (χ4n) is 2.22. The quantitative estimate of drug-likeness (QED) is 0.367. The number of amides is 1. The number of anilines is 1. The summed E-state index contributed by atoms with van der Waals surface area (Å²) in [7, 11) is 1.64. The Kier molecular flexibility index (Phi) is 14.6. The van der Waals surface area contributed by atoms with E-state index in [4.69, 9.17) is 33.2 Å². The normalized spacial score (nSPS) is 11.4. The van der Waals surface area contributed by atoms with Gasteiger partial charge >= 0.3 is 6.09 Å². The maximum Gasteiger partial charge on any atom is 0.412 e. The second-order valence-electron chi connectivity index (χ2n) is 7.41. The fraction of sp³-hybridized carbons (Fsp3) is 0.682. The number of methoxy groups -OCH3 is 1. The van der Waals surface area contributed by atoms with Crippen LogP contribution in [0.25, 0.3) is 0 Å². The molecular formula is C22H37NO8. The first-order valence-corrected chi connectivity index (χ1v) is 10.4. The zero-order valence-electron chi connectivity index (χ0n) is 19.1. The van der Waals surface area contributed by atoms with E-state index >= 15 is 0 Å². The van der Waals surface area contributed by atoms with E-state index in [2.05, 4.69) is 5.32 Å². The molecule has 1 aromatic carbocycles. The number of benzene rings is 1. The number of para-hydroxylation sites is 2. The highest BCUT2D eigenvalue weighted by molar-refractivity contribution is 5.86. The summed E-state index contributed by atoms with van der Waals surface area (Å²) in [5.74, 6) is 0.552. The van der Waals surface area contributed by atoms with Crippen molar-refractivity contribution < 1.29 is 38.0 Å². The number of carbonyl (C=O) groups is 1. The lowest BCUT2D eigenvalue weighted by Gasteiger charge is -2.20. The average Bonchev–Trinajstić information content (AvgIpc) is 2.70. The molecule has 1 aromatic rings. The Balaban J connectivity index is 2.04. The molecule has 0 atom stereocenters. The molecule has 0 saturated carbocycles. The van der Waals surface area contributed by atoms with Crippen LogP contribution in [-0.4, -0.2) is 84.9 Å². The Hall–Kier alpha value is -1.91. The summed E-state index contributed by atoms with van der Waals surface area (Å²) in [5.41, 5.74) is -0.0235. The summed E-state index contributed by atoms with van der Waals surface area (Å²) < 4.78 is 37.4. The number of hydrogen-bond acceptors (Lipinski definition) is 8. The minimum Gasteiger partial charge on any atom is -0.489 e.